The highest BCUT2D eigenvalue weighted by molar-refractivity contribution is 5.93. The smallest absolute Gasteiger partial charge is 0.257 e. The lowest BCUT2D eigenvalue weighted by Crippen LogP contribution is -2.75. The summed E-state index contributed by atoms with van der Waals surface area (Å²) >= 11 is 0. The van der Waals surface area contributed by atoms with Crippen molar-refractivity contribution >= 4 is 5.91 Å². The Bertz CT molecular complexity index is 560. The molecule has 0 N–H and O–H groups in total. The van der Waals surface area contributed by atoms with Gasteiger partial charge < -0.3 is 18.8 Å². The number of carbonyl (C=O) groups is 1. The standard InChI is InChI=1S/C18H26N2O4/c1-22-16-12-20(18(16)5-10-23-11-6-18)15-2-7-19(8-3-15)17(21)14-4-9-24-13-14/h4,9,13,15-16H,2-3,5-8,10-12H2,1H3. The van der Waals surface area contributed by atoms with E-state index in [9.17, 15) is 4.79 Å². The van der Waals surface area contributed by atoms with Crippen molar-refractivity contribution < 1.29 is 18.7 Å². The first kappa shape index (κ1) is 16.1. The van der Waals surface area contributed by atoms with Crippen LogP contribution in [0, 0.1) is 0 Å². The summed E-state index contributed by atoms with van der Waals surface area (Å²) in [6, 6.07) is 2.28. The summed E-state index contributed by atoms with van der Waals surface area (Å²) in [6.07, 6.45) is 7.58. The first-order valence-electron chi connectivity index (χ1n) is 8.93. The average Bonchev–Trinajstić information content (AvgIpc) is 3.16. The average molecular weight is 334 g/mol. The molecule has 0 aliphatic carbocycles. The number of likely N-dealkylation sites (tertiary alicyclic amines) is 2. The number of nitrogens with zero attached hydrogens (tertiary/aromatic N) is 2. The lowest BCUT2D eigenvalue weighted by Gasteiger charge is -2.63. The molecule has 0 radical (unpaired) electrons. The van der Waals surface area contributed by atoms with Crippen molar-refractivity contribution in [1.82, 2.24) is 9.80 Å². The van der Waals surface area contributed by atoms with E-state index in [0.717, 1.165) is 58.5 Å². The third-order valence-corrected chi connectivity index (χ3v) is 6.14. The van der Waals surface area contributed by atoms with E-state index in [1.807, 2.05) is 12.0 Å². The molecule has 4 rings (SSSR count). The molecule has 3 aliphatic rings. The third-order valence-electron chi connectivity index (χ3n) is 6.14. The fraction of sp³-hybridized carbons (Fsp3) is 0.722. The van der Waals surface area contributed by atoms with E-state index in [1.54, 1.807) is 12.3 Å². The van der Waals surface area contributed by atoms with Gasteiger partial charge in [0.15, 0.2) is 0 Å². The lowest BCUT2D eigenvalue weighted by molar-refractivity contribution is -0.207. The molecule has 1 unspecified atom stereocenters. The van der Waals surface area contributed by atoms with Gasteiger partial charge in [0.1, 0.15) is 6.26 Å². The fourth-order valence-electron chi connectivity index (χ4n) is 4.69. The maximum absolute atomic E-state index is 12.4. The maximum atomic E-state index is 12.4. The number of amides is 1. The quantitative estimate of drug-likeness (QED) is 0.843. The number of ether oxygens (including phenoxy) is 2. The molecule has 1 aromatic rings. The second kappa shape index (κ2) is 6.50. The molecule has 3 fully saturated rings. The Labute approximate surface area is 142 Å². The van der Waals surface area contributed by atoms with Gasteiger partial charge in [-0.25, -0.2) is 0 Å². The van der Waals surface area contributed by atoms with Crippen LogP contribution >= 0.6 is 0 Å². The number of methoxy groups -OCH3 is 1. The normalized spacial score (nSPS) is 28.0. The van der Waals surface area contributed by atoms with Gasteiger partial charge >= 0.3 is 0 Å². The van der Waals surface area contributed by atoms with Gasteiger partial charge in [-0.05, 0) is 31.7 Å². The number of piperidine rings is 1. The van der Waals surface area contributed by atoms with Crippen molar-refractivity contribution in [2.24, 2.45) is 0 Å². The molecule has 6 heteroatoms. The van der Waals surface area contributed by atoms with Gasteiger partial charge in [0.05, 0.1) is 23.5 Å². The number of hydrogen-bond donors (Lipinski definition) is 0. The van der Waals surface area contributed by atoms with E-state index in [-0.39, 0.29) is 11.4 Å². The van der Waals surface area contributed by atoms with Crippen molar-refractivity contribution in [3.8, 4) is 0 Å². The zero-order valence-electron chi connectivity index (χ0n) is 14.3. The van der Waals surface area contributed by atoms with E-state index >= 15 is 0 Å². The molecule has 1 atom stereocenters. The third kappa shape index (κ3) is 2.57. The second-order valence-electron chi connectivity index (χ2n) is 7.13. The van der Waals surface area contributed by atoms with E-state index in [0.29, 0.717) is 17.7 Å². The molecular formula is C18H26N2O4. The molecule has 24 heavy (non-hydrogen) atoms. The van der Waals surface area contributed by atoms with Crippen LogP contribution in [0.25, 0.3) is 0 Å². The van der Waals surface area contributed by atoms with Gasteiger partial charge in [0.25, 0.3) is 5.91 Å². The predicted octanol–water partition coefficient (Wildman–Crippen LogP) is 1.76. The first-order chi connectivity index (χ1) is 11.7. The number of furan rings is 1. The van der Waals surface area contributed by atoms with E-state index in [4.69, 9.17) is 13.9 Å². The molecule has 1 aromatic heterocycles. The molecule has 4 heterocycles. The summed E-state index contributed by atoms with van der Waals surface area (Å²) in [4.78, 5) is 17.0. The number of rotatable bonds is 3. The minimum Gasteiger partial charge on any atom is -0.472 e. The SMILES string of the molecule is COC1CN(C2CCN(C(=O)c3ccoc3)CC2)C12CCOCC2. The van der Waals surface area contributed by atoms with Crippen LogP contribution < -0.4 is 0 Å². The summed E-state index contributed by atoms with van der Waals surface area (Å²) in [5.41, 5.74) is 0.812. The van der Waals surface area contributed by atoms with E-state index < -0.39 is 0 Å². The van der Waals surface area contributed by atoms with Crippen LogP contribution in [-0.4, -0.2) is 73.3 Å². The fourth-order valence-corrected chi connectivity index (χ4v) is 4.69. The molecule has 6 nitrogen and oxygen atoms in total. The molecule has 1 spiro atoms. The zero-order valence-corrected chi connectivity index (χ0v) is 14.3. The topological polar surface area (TPSA) is 55.2 Å². The summed E-state index contributed by atoms with van der Waals surface area (Å²) in [5.74, 6) is 0.0846. The minimum atomic E-state index is 0.0846. The van der Waals surface area contributed by atoms with Crippen molar-refractivity contribution in [2.45, 2.75) is 43.4 Å². The van der Waals surface area contributed by atoms with Gasteiger partial charge in [-0.2, -0.15) is 0 Å². The Hall–Kier alpha value is -1.37. The minimum absolute atomic E-state index is 0.0846. The Kier molecular flexibility index (Phi) is 4.37. The molecule has 3 aliphatic heterocycles. The van der Waals surface area contributed by atoms with Crippen LogP contribution in [0.2, 0.25) is 0 Å². The number of hydrogen-bond acceptors (Lipinski definition) is 5. The Morgan fingerprint density at radius 1 is 1.29 bits per heavy atom. The molecule has 3 saturated heterocycles. The summed E-state index contributed by atoms with van der Waals surface area (Å²) in [5, 5.41) is 0. The van der Waals surface area contributed by atoms with Crippen molar-refractivity contribution in [2.75, 3.05) is 40.0 Å². The number of carbonyl (C=O) groups excluding carboxylic acids is 1. The highest BCUT2D eigenvalue weighted by atomic mass is 16.5. The second-order valence-corrected chi connectivity index (χ2v) is 7.13. The van der Waals surface area contributed by atoms with Crippen molar-refractivity contribution in [3.05, 3.63) is 24.2 Å². The first-order valence-corrected chi connectivity index (χ1v) is 8.93. The Morgan fingerprint density at radius 3 is 2.67 bits per heavy atom. The summed E-state index contributed by atoms with van der Waals surface area (Å²) < 4.78 is 16.3. The van der Waals surface area contributed by atoms with Gasteiger partial charge in [-0.3, -0.25) is 9.69 Å². The van der Waals surface area contributed by atoms with Crippen LogP contribution in [-0.2, 0) is 9.47 Å². The predicted molar refractivity (Wildman–Crippen MR) is 87.9 cm³/mol. The summed E-state index contributed by atoms with van der Waals surface area (Å²) in [6.45, 7) is 4.30. The van der Waals surface area contributed by atoms with Crippen LogP contribution in [0.3, 0.4) is 0 Å². The van der Waals surface area contributed by atoms with Crippen LogP contribution in [0.1, 0.15) is 36.0 Å². The van der Waals surface area contributed by atoms with Gasteiger partial charge in [-0.15, -0.1) is 0 Å². The Balaban J connectivity index is 1.38. The van der Waals surface area contributed by atoms with Crippen molar-refractivity contribution in [1.29, 1.82) is 0 Å². The molecular weight excluding hydrogens is 308 g/mol. The van der Waals surface area contributed by atoms with Crippen LogP contribution in [0.5, 0.6) is 0 Å². The highest BCUT2D eigenvalue weighted by Gasteiger charge is 2.56. The molecule has 0 saturated carbocycles. The largest absolute Gasteiger partial charge is 0.472 e. The molecule has 0 aromatic carbocycles. The molecule has 132 valence electrons. The summed E-state index contributed by atoms with van der Waals surface area (Å²) in [7, 11) is 1.82. The van der Waals surface area contributed by atoms with Crippen molar-refractivity contribution in [3.63, 3.8) is 0 Å². The molecule has 1 amide bonds. The molecule has 0 bridgehead atoms. The van der Waals surface area contributed by atoms with Gasteiger partial charge in [0.2, 0.25) is 0 Å². The lowest BCUT2D eigenvalue weighted by atomic mass is 9.73. The van der Waals surface area contributed by atoms with Crippen LogP contribution in [0.4, 0.5) is 0 Å². The monoisotopic (exact) mass is 334 g/mol. The highest BCUT2D eigenvalue weighted by Crippen LogP contribution is 2.44. The van der Waals surface area contributed by atoms with Crippen LogP contribution in [0.15, 0.2) is 23.0 Å². The van der Waals surface area contributed by atoms with E-state index in [1.165, 1.54) is 6.26 Å². The van der Waals surface area contributed by atoms with Gasteiger partial charge in [-0.1, -0.05) is 0 Å². The van der Waals surface area contributed by atoms with E-state index in [2.05, 4.69) is 4.90 Å². The zero-order chi connectivity index (χ0) is 16.6. The van der Waals surface area contributed by atoms with Gasteiger partial charge in [0, 0.05) is 46.0 Å². The maximum Gasteiger partial charge on any atom is 0.257 e. The Morgan fingerprint density at radius 2 is 2.04 bits per heavy atom.